The molecule has 0 fully saturated rings. The Morgan fingerprint density at radius 3 is 2.55 bits per heavy atom. The van der Waals surface area contributed by atoms with E-state index in [2.05, 4.69) is 30.6 Å². The van der Waals surface area contributed by atoms with Gasteiger partial charge in [-0.15, -0.1) is 6.42 Å². The van der Waals surface area contributed by atoms with E-state index in [1.165, 1.54) is 18.3 Å². The van der Waals surface area contributed by atoms with Crippen LogP contribution in [0.3, 0.4) is 0 Å². The molecule has 3 aromatic rings. The predicted molar refractivity (Wildman–Crippen MR) is 110 cm³/mol. The van der Waals surface area contributed by atoms with Crippen molar-refractivity contribution in [1.29, 1.82) is 0 Å². The van der Waals surface area contributed by atoms with Gasteiger partial charge in [-0.1, -0.05) is 0 Å². The van der Waals surface area contributed by atoms with Gasteiger partial charge in [0.1, 0.15) is 6.04 Å². The van der Waals surface area contributed by atoms with Crippen LogP contribution in [-0.2, 0) is 57.3 Å². The number of H-pyrrole nitrogens is 1. The molecule has 0 aliphatic rings. The normalized spacial score (nSPS) is 10.9. The summed E-state index contributed by atoms with van der Waals surface area (Å²) in [4.78, 5) is 60.2. The van der Waals surface area contributed by atoms with E-state index in [1.807, 2.05) is 0 Å². The Morgan fingerprint density at radius 1 is 1.21 bits per heavy atom. The van der Waals surface area contributed by atoms with Crippen LogP contribution in [0.5, 0.6) is 0 Å². The topological polar surface area (TPSA) is 193 Å². The summed E-state index contributed by atoms with van der Waals surface area (Å²) in [6.07, 6.45) is 2.94. The molecule has 1 aromatic carbocycles. The number of amides is 1. The van der Waals surface area contributed by atoms with Gasteiger partial charge in [0.15, 0.2) is 11.2 Å². The molecule has 0 spiro atoms. The molecule has 0 aliphatic heterocycles. The summed E-state index contributed by atoms with van der Waals surface area (Å²) in [6, 6.07) is 5.13. The SMILES string of the molecule is Nc1nc2ncc(CNc3ccc(C(=O)N[C@@H](CC[C-]=O)C(=O)O)cc3)nc2c(=O)[nH]1.[Ti].[Zn]. The van der Waals surface area contributed by atoms with Crippen molar-refractivity contribution >= 4 is 41.0 Å². The molecule has 0 saturated heterocycles. The first-order valence-corrected chi connectivity index (χ1v) is 9.11. The van der Waals surface area contributed by atoms with Gasteiger partial charge in [-0.2, -0.15) is 4.98 Å². The molecule has 3 rings (SSSR count). The molecular weight excluding hydrogens is 520 g/mol. The van der Waals surface area contributed by atoms with Crippen molar-refractivity contribution in [1.82, 2.24) is 25.3 Å². The third-order valence-electron chi connectivity index (χ3n) is 4.25. The van der Waals surface area contributed by atoms with Gasteiger partial charge < -0.3 is 26.3 Å². The van der Waals surface area contributed by atoms with Gasteiger partial charge in [0.05, 0.1) is 18.4 Å². The number of rotatable bonds is 9. The number of aliphatic carboxylic acids is 1. The van der Waals surface area contributed by atoms with E-state index in [9.17, 15) is 19.2 Å². The summed E-state index contributed by atoms with van der Waals surface area (Å²) < 4.78 is 0. The summed E-state index contributed by atoms with van der Waals surface area (Å²) in [6.45, 7) is 0.252. The van der Waals surface area contributed by atoms with Crippen LogP contribution in [0.25, 0.3) is 11.2 Å². The van der Waals surface area contributed by atoms with Gasteiger partial charge in [-0.25, -0.2) is 14.8 Å². The Balaban J connectivity index is 0.00000272. The van der Waals surface area contributed by atoms with Gasteiger partial charge >= 0.3 is 5.97 Å². The number of hydrogen-bond acceptors (Lipinski definition) is 9. The molecule has 14 heteroatoms. The molecule has 0 aliphatic carbocycles. The van der Waals surface area contributed by atoms with Gasteiger partial charge in [0.25, 0.3) is 11.5 Å². The molecule has 1 atom stereocenters. The van der Waals surface area contributed by atoms with Gasteiger partial charge in [0, 0.05) is 52.4 Å². The number of carbonyl (C=O) groups excluding carboxylic acids is 2. The minimum Gasteiger partial charge on any atom is -0.542 e. The number of aromatic nitrogens is 4. The van der Waals surface area contributed by atoms with Gasteiger partial charge in [-0.05, 0) is 30.7 Å². The van der Waals surface area contributed by atoms with Crippen molar-refractivity contribution < 1.29 is 60.7 Å². The molecule has 2 aromatic heterocycles. The number of nitrogen functional groups attached to an aromatic ring is 1. The number of fused-ring (bicyclic) bond motifs is 1. The van der Waals surface area contributed by atoms with E-state index in [4.69, 9.17) is 10.8 Å². The number of benzene rings is 1. The van der Waals surface area contributed by atoms with Crippen LogP contribution < -0.4 is 21.9 Å². The molecule has 2 heterocycles. The number of nitrogens with zero attached hydrogens (tertiary/aromatic N) is 3. The van der Waals surface area contributed by atoms with Crippen molar-refractivity contribution in [2.45, 2.75) is 25.4 Å². The minimum atomic E-state index is -1.23. The van der Waals surface area contributed by atoms with E-state index in [1.54, 1.807) is 18.4 Å². The molecule has 0 radical (unpaired) electrons. The molecule has 0 saturated carbocycles. The summed E-state index contributed by atoms with van der Waals surface area (Å²) in [7, 11) is 0. The van der Waals surface area contributed by atoms with Crippen molar-refractivity contribution in [2.24, 2.45) is 0 Å². The Morgan fingerprint density at radius 2 is 1.91 bits per heavy atom. The van der Waals surface area contributed by atoms with Gasteiger partial charge in [-0.3, -0.25) is 20.9 Å². The monoisotopic (exact) mass is 536 g/mol. The van der Waals surface area contributed by atoms with Gasteiger partial charge in [0.2, 0.25) is 5.95 Å². The summed E-state index contributed by atoms with van der Waals surface area (Å²) in [5.74, 6) is -1.84. The first-order chi connectivity index (χ1) is 14.9. The summed E-state index contributed by atoms with van der Waals surface area (Å²) in [5, 5.41) is 14.6. The molecule has 0 unspecified atom stereocenters. The second-order valence-corrected chi connectivity index (χ2v) is 6.46. The zero-order valence-corrected chi connectivity index (χ0v) is 21.8. The van der Waals surface area contributed by atoms with Crippen LogP contribution in [0.15, 0.2) is 35.3 Å². The number of carbonyl (C=O) groups is 2. The van der Waals surface area contributed by atoms with E-state index < -0.39 is 23.5 Å². The van der Waals surface area contributed by atoms with Crippen molar-refractivity contribution in [2.75, 3.05) is 11.1 Å². The minimum absolute atomic E-state index is 0. The zero-order valence-electron chi connectivity index (χ0n) is 17.3. The first kappa shape index (κ1) is 28.0. The Bertz CT molecular complexity index is 1190. The average molecular weight is 538 g/mol. The standard InChI is InChI=1S/C19H18N7O5.Ti.Zn/c20-19-25-15-14(17(29)26-19)23-12(9-22-15)8-21-11-5-3-10(4-6-11)16(28)24-13(18(30)31)2-1-7-27;;/h3-6,9,13,21H,1-2,8H2,(H,24,28)(H,30,31)(H3,20,22,25,26,29);;/q-1;;/t13-;;/m0../s1. The zero-order chi connectivity index (χ0) is 22.4. The molecule has 33 heavy (non-hydrogen) atoms. The number of aromatic amines is 1. The van der Waals surface area contributed by atoms with Crippen LogP contribution >= 0.6 is 0 Å². The fourth-order valence-electron chi connectivity index (χ4n) is 2.69. The largest absolute Gasteiger partial charge is 0.542 e. The first-order valence-electron chi connectivity index (χ1n) is 9.11. The van der Waals surface area contributed by atoms with Crippen molar-refractivity contribution in [3.63, 3.8) is 0 Å². The quantitative estimate of drug-likeness (QED) is 0.183. The number of carboxylic acid groups (broad SMARTS) is 1. The van der Waals surface area contributed by atoms with Crippen LogP contribution in [0, 0.1) is 0 Å². The van der Waals surface area contributed by atoms with E-state index in [0.717, 1.165) is 0 Å². The number of anilines is 2. The van der Waals surface area contributed by atoms with Crippen LogP contribution in [0.1, 0.15) is 28.9 Å². The number of hydrogen-bond donors (Lipinski definition) is 5. The maximum atomic E-state index is 12.2. The van der Waals surface area contributed by atoms with E-state index in [-0.39, 0.29) is 83.3 Å². The smallest absolute Gasteiger partial charge is 0.326 e. The Hall–Kier alpha value is -3.01. The fourth-order valence-corrected chi connectivity index (χ4v) is 2.69. The van der Waals surface area contributed by atoms with E-state index in [0.29, 0.717) is 11.4 Å². The van der Waals surface area contributed by atoms with Crippen LogP contribution in [-0.4, -0.2) is 49.2 Å². The number of nitrogens with two attached hydrogens (primary N) is 1. The van der Waals surface area contributed by atoms with Crippen LogP contribution in [0.4, 0.5) is 11.6 Å². The second kappa shape index (κ2) is 12.9. The average Bonchev–Trinajstić information content (AvgIpc) is 2.75. The molecule has 1 amide bonds. The second-order valence-electron chi connectivity index (χ2n) is 6.46. The summed E-state index contributed by atoms with van der Waals surface area (Å²) >= 11 is 0. The maximum absolute atomic E-state index is 12.2. The van der Waals surface area contributed by atoms with Crippen molar-refractivity contribution in [3.8, 4) is 0 Å². The maximum Gasteiger partial charge on any atom is 0.326 e. The number of carboxylic acids is 1. The summed E-state index contributed by atoms with van der Waals surface area (Å²) in [5.41, 5.74) is 6.61. The Kier molecular flexibility index (Phi) is 10.9. The predicted octanol–water partition coefficient (Wildman–Crippen LogP) is -0.0247. The molecular formula is C19H18N7O5TiZn-. The van der Waals surface area contributed by atoms with Crippen LogP contribution in [0.2, 0.25) is 0 Å². The molecule has 166 valence electrons. The fraction of sp³-hybridized carbons (Fsp3) is 0.211. The Labute approximate surface area is 214 Å². The third kappa shape index (κ3) is 7.52. The number of nitrogens with one attached hydrogen (secondary N) is 3. The third-order valence-corrected chi connectivity index (χ3v) is 4.25. The molecule has 0 bridgehead atoms. The van der Waals surface area contributed by atoms with E-state index >= 15 is 0 Å². The van der Waals surface area contributed by atoms with Crippen molar-refractivity contribution in [3.05, 3.63) is 52.1 Å². The molecule has 12 nitrogen and oxygen atoms in total. The molecule has 6 N–H and O–H groups in total.